The fourth-order valence-electron chi connectivity index (χ4n) is 4.80. The number of hydrogen-bond donors (Lipinski definition) is 2. The summed E-state index contributed by atoms with van der Waals surface area (Å²) in [4.78, 5) is 48.9. The number of methoxy groups -OCH3 is 1. The van der Waals surface area contributed by atoms with Gasteiger partial charge in [0.2, 0.25) is 0 Å². The minimum Gasteiger partial charge on any atom is -0.494 e. The van der Waals surface area contributed by atoms with Gasteiger partial charge in [-0.05, 0) is 43.4 Å². The van der Waals surface area contributed by atoms with Crippen molar-refractivity contribution in [2.75, 3.05) is 48.9 Å². The van der Waals surface area contributed by atoms with Crippen LogP contribution >= 0.6 is 0 Å². The molecule has 0 bridgehead atoms. The largest absolute Gasteiger partial charge is 0.494 e. The molecule has 0 spiro atoms. The SMILES string of the molecule is COC1(CNc2cc(NC(=O)N3CCCc4cc(CN5CC=COCC5=C=O)c(C=O)nc43)ncc2C#N)CC1. The van der Waals surface area contributed by atoms with Crippen LogP contribution < -0.4 is 15.5 Å². The van der Waals surface area contributed by atoms with Crippen molar-refractivity contribution < 1.29 is 23.9 Å². The number of rotatable bonds is 8. The highest BCUT2D eigenvalue weighted by molar-refractivity contribution is 6.01. The van der Waals surface area contributed by atoms with Crippen LogP contribution in [-0.4, -0.2) is 72.1 Å². The second kappa shape index (κ2) is 11.6. The number of carbonyl (C=O) groups is 2. The van der Waals surface area contributed by atoms with E-state index in [1.165, 1.54) is 17.4 Å². The molecule has 1 aliphatic carbocycles. The van der Waals surface area contributed by atoms with Crippen LogP contribution in [0.4, 0.5) is 22.1 Å². The van der Waals surface area contributed by atoms with E-state index in [1.54, 1.807) is 24.2 Å². The van der Waals surface area contributed by atoms with Crippen molar-refractivity contribution >= 4 is 35.6 Å². The number of aromatic nitrogens is 2. The summed E-state index contributed by atoms with van der Waals surface area (Å²) >= 11 is 0. The maximum atomic E-state index is 13.4. The zero-order chi connectivity index (χ0) is 28.1. The van der Waals surface area contributed by atoms with Crippen LogP contribution in [-0.2, 0) is 27.2 Å². The number of nitrogens with one attached hydrogen (secondary N) is 2. The van der Waals surface area contributed by atoms with Gasteiger partial charge in [-0.15, -0.1) is 0 Å². The molecule has 206 valence electrons. The Labute approximate surface area is 231 Å². The minimum atomic E-state index is -0.447. The molecule has 0 atom stereocenters. The Hall–Kier alpha value is -4.72. The number of aryl methyl sites for hydroxylation is 1. The van der Waals surface area contributed by atoms with Crippen molar-refractivity contribution in [1.82, 2.24) is 14.9 Å². The molecule has 12 nitrogen and oxygen atoms in total. The smallest absolute Gasteiger partial charge is 0.328 e. The molecule has 2 aromatic heterocycles. The van der Waals surface area contributed by atoms with E-state index in [0.29, 0.717) is 67.1 Å². The lowest BCUT2D eigenvalue weighted by Gasteiger charge is -2.30. The first kappa shape index (κ1) is 26.9. The predicted octanol–water partition coefficient (Wildman–Crippen LogP) is 2.80. The predicted molar refractivity (Wildman–Crippen MR) is 145 cm³/mol. The highest BCUT2D eigenvalue weighted by atomic mass is 16.5. The average Bonchev–Trinajstić information content (AvgIpc) is 3.80. The van der Waals surface area contributed by atoms with Crippen LogP contribution in [0.3, 0.4) is 0 Å². The second-order valence-corrected chi connectivity index (χ2v) is 9.90. The van der Waals surface area contributed by atoms with E-state index in [4.69, 9.17) is 9.47 Å². The van der Waals surface area contributed by atoms with Gasteiger partial charge >= 0.3 is 6.03 Å². The Balaban J connectivity index is 1.35. The normalized spacial score (nSPS) is 17.1. The molecule has 0 radical (unpaired) electrons. The van der Waals surface area contributed by atoms with Crippen LogP contribution in [0, 0.1) is 11.3 Å². The summed E-state index contributed by atoms with van der Waals surface area (Å²) in [5.41, 5.74) is 2.70. The third-order valence-corrected chi connectivity index (χ3v) is 7.33. The number of pyridine rings is 2. The van der Waals surface area contributed by atoms with Crippen LogP contribution in [0.15, 0.2) is 36.4 Å². The van der Waals surface area contributed by atoms with Crippen molar-refractivity contribution in [3.8, 4) is 6.07 Å². The van der Waals surface area contributed by atoms with Gasteiger partial charge in [-0.25, -0.2) is 19.6 Å². The van der Waals surface area contributed by atoms with Crippen LogP contribution in [0.1, 0.15) is 46.4 Å². The second-order valence-electron chi connectivity index (χ2n) is 9.90. The quantitative estimate of drug-likeness (QED) is 0.376. The highest BCUT2D eigenvalue weighted by Gasteiger charge is 2.42. The average molecular weight is 544 g/mol. The fraction of sp³-hybridized carbons (Fsp3) is 0.393. The number of ether oxygens (including phenoxy) is 2. The molecule has 1 saturated carbocycles. The van der Waals surface area contributed by atoms with E-state index in [9.17, 15) is 19.6 Å². The number of amides is 2. The first-order valence-corrected chi connectivity index (χ1v) is 13.0. The number of fused-ring (bicyclic) bond motifs is 1. The number of aldehydes is 1. The number of carbonyl (C=O) groups excluding carboxylic acids is 3. The molecule has 2 N–H and O–H groups in total. The molecule has 12 heteroatoms. The monoisotopic (exact) mass is 543 g/mol. The van der Waals surface area contributed by atoms with Gasteiger partial charge in [-0.3, -0.25) is 15.0 Å². The number of hydrogen-bond acceptors (Lipinski definition) is 10. The van der Waals surface area contributed by atoms with Crippen molar-refractivity contribution in [2.24, 2.45) is 0 Å². The van der Waals surface area contributed by atoms with Gasteiger partial charge < -0.3 is 19.7 Å². The van der Waals surface area contributed by atoms with Crippen LogP contribution in [0.25, 0.3) is 0 Å². The summed E-state index contributed by atoms with van der Waals surface area (Å²) in [6.07, 6.45) is 8.65. The molecule has 2 aliphatic heterocycles. The Morgan fingerprint density at radius 1 is 1.35 bits per heavy atom. The molecule has 5 rings (SSSR count). The van der Waals surface area contributed by atoms with Crippen molar-refractivity contribution in [3.63, 3.8) is 0 Å². The van der Waals surface area contributed by atoms with Crippen molar-refractivity contribution in [3.05, 3.63) is 58.7 Å². The lowest BCUT2D eigenvalue weighted by molar-refractivity contribution is 0.0914. The maximum absolute atomic E-state index is 13.4. The van der Waals surface area contributed by atoms with Gasteiger partial charge in [-0.1, -0.05) is 0 Å². The van der Waals surface area contributed by atoms with Crippen LogP contribution in [0.2, 0.25) is 0 Å². The Morgan fingerprint density at radius 2 is 2.20 bits per heavy atom. The third kappa shape index (κ3) is 5.66. The standard InChI is InChI=1S/C28H29N7O5/c1-39-28(5-6-28)18-31-23-11-25(30-13-21(23)12-29)33-27(38)35-8-2-4-19-10-20(24(16-37)32-26(19)35)14-34-7-3-9-40-17-22(34)15-36/h3,9-11,13,16H,2,4-8,14,17-18H2,1H3,(H2,30,31,33,38). The van der Waals surface area contributed by atoms with Gasteiger partial charge in [-0.2, -0.15) is 5.26 Å². The molecule has 40 heavy (non-hydrogen) atoms. The summed E-state index contributed by atoms with van der Waals surface area (Å²) in [5.74, 6) is 2.60. The lowest BCUT2D eigenvalue weighted by Crippen LogP contribution is -2.40. The number of nitriles is 1. The maximum Gasteiger partial charge on any atom is 0.328 e. The fourth-order valence-corrected chi connectivity index (χ4v) is 4.80. The molecular weight excluding hydrogens is 514 g/mol. The van der Waals surface area contributed by atoms with Gasteiger partial charge in [0.15, 0.2) is 6.29 Å². The van der Waals surface area contributed by atoms with Gasteiger partial charge in [0, 0.05) is 51.1 Å². The van der Waals surface area contributed by atoms with Gasteiger partial charge in [0.1, 0.15) is 41.6 Å². The molecule has 0 unspecified atom stereocenters. The summed E-state index contributed by atoms with van der Waals surface area (Å²) in [7, 11) is 1.67. The van der Waals surface area contributed by atoms with E-state index < -0.39 is 6.03 Å². The number of urea groups is 1. The van der Waals surface area contributed by atoms with Gasteiger partial charge in [0.05, 0.1) is 23.1 Å². The molecule has 2 aromatic rings. The zero-order valence-electron chi connectivity index (χ0n) is 22.1. The molecule has 0 aromatic carbocycles. The van der Waals surface area contributed by atoms with E-state index in [2.05, 4.69) is 26.7 Å². The van der Waals surface area contributed by atoms with E-state index in [0.717, 1.165) is 18.4 Å². The molecule has 2 amide bonds. The van der Waals surface area contributed by atoms with Crippen molar-refractivity contribution in [2.45, 2.75) is 37.8 Å². The summed E-state index contributed by atoms with van der Waals surface area (Å²) in [5, 5.41) is 15.5. The highest BCUT2D eigenvalue weighted by Crippen LogP contribution is 2.39. The topological polar surface area (TPSA) is 150 Å². The molecule has 1 fully saturated rings. The molecule has 0 saturated heterocycles. The molecule has 4 heterocycles. The number of nitrogens with zero attached hydrogens (tertiary/aromatic N) is 5. The Kier molecular flexibility index (Phi) is 7.77. The lowest BCUT2D eigenvalue weighted by atomic mass is 10.0. The zero-order valence-corrected chi connectivity index (χ0v) is 22.1. The molecular formula is C28H29N7O5. The van der Waals surface area contributed by atoms with E-state index >= 15 is 0 Å². The van der Waals surface area contributed by atoms with Crippen molar-refractivity contribution in [1.29, 1.82) is 5.26 Å². The number of anilines is 3. The Bertz CT molecular complexity index is 1440. The first-order valence-electron chi connectivity index (χ1n) is 13.0. The summed E-state index contributed by atoms with van der Waals surface area (Å²) < 4.78 is 10.8. The van der Waals surface area contributed by atoms with E-state index in [-0.39, 0.29) is 30.3 Å². The molecule has 3 aliphatic rings. The third-order valence-electron chi connectivity index (χ3n) is 7.33. The summed E-state index contributed by atoms with van der Waals surface area (Å²) in [6, 6.07) is 5.16. The minimum absolute atomic E-state index is 0.0939. The summed E-state index contributed by atoms with van der Waals surface area (Å²) in [6.45, 7) is 1.74. The Morgan fingerprint density at radius 3 is 2.92 bits per heavy atom. The van der Waals surface area contributed by atoms with Gasteiger partial charge in [0.25, 0.3) is 0 Å². The van der Waals surface area contributed by atoms with E-state index in [1.807, 2.05) is 12.0 Å². The van der Waals surface area contributed by atoms with Crippen LogP contribution in [0.5, 0.6) is 0 Å². The first-order chi connectivity index (χ1) is 19.5.